The zero-order valence-electron chi connectivity index (χ0n) is 13.5. The second-order valence-corrected chi connectivity index (χ2v) is 10.1. The van der Waals surface area contributed by atoms with Crippen LogP contribution < -0.4 is 5.69 Å². The minimum absolute atomic E-state index is 0.0570. The van der Waals surface area contributed by atoms with Crippen molar-refractivity contribution in [1.29, 1.82) is 0 Å². The Bertz CT molecular complexity index is 939. The fraction of sp³-hybridized carbons (Fsp3) is 0.579. The highest BCUT2D eigenvalue weighted by Crippen LogP contribution is 2.62. The first kappa shape index (κ1) is 13.9. The third-order valence-corrected chi connectivity index (χ3v) is 7.89. The number of aromatic nitrogens is 3. The number of pyridine rings is 1. The molecule has 2 aromatic heterocycles. The van der Waals surface area contributed by atoms with Crippen LogP contribution in [0.15, 0.2) is 17.1 Å². The summed E-state index contributed by atoms with van der Waals surface area (Å²) >= 11 is 4.05. The van der Waals surface area contributed by atoms with Gasteiger partial charge in [-0.25, -0.2) is 4.79 Å². The second kappa shape index (κ2) is 4.43. The molecule has 5 heteroatoms. The van der Waals surface area contributed by atoms with Crippen molar-refractivity contribution in [3.05, 3.63) is 34.0 Å². The Balaban J connectivity index is 1.58. The predicted molar refractivity (Wildman–Crippen MR) is 97.3 cm³/mol. The molecule has 5 aliphatic rings. The summed E-state index contributed by atoms with van der Waals surface area (Å²) in [5.41, 5.74) is 4.32. The summed E-state index contributed by atoms with van der Waals surface area (Å²) in [6.07, 6.45) is 13.4. The highest BCUT2D eigenvalue weighted by Gasteiger charge is 2.55. The summed E-state index contributed by atoms with van der Waals surface area (Å²) in [4.78, 5) is 20.5. The average Bonchev–Trinajstić information content (AvgIpc) is 3.09. The number of hydrogen-bond acceptors (Lipinski definition) is 2. The molecule has 124 valence electrons. The molecule has 0 aliphatic heterocycles. The van der Waals surface area contributed by atoms with Crippen LogP contribution in [0.3, 0.4) is 0 Å². The number of fused-ring (bicyclic) bond motifs is 3. The Labute approximate surface area is 148 Å². The van der Waals surface area contributed by atoms with Crippen molar-refractivity contribution in [2.75, 3.05) is 0 Å². The fourth-order valence-corrected chi connectivity index (χ4v) is 7.70. The summed E-state index contributed by atoms with van der Waals surface area (Å²) < 4.78 is 2.47. The van der Waals surface area contributed by atoms with Gasteiger partial charge in [0, 0.05) is 22.4 Å². The van der Waals surface area contributed by atoms with E-state index >= 15 is 0 Å². The largest absolute Gasteiger partial charge is 0.326 e. The van der Waals surface area contributed by atoms with Crippen LogP contribution in [0.2, 0.25) is 0 Å². The zero-order valence-corrected chi connectivity index (χ0v) is 15.1. The second-order valence-electron chi connectivity index (χ2n) is 8.40. The maximum atomic E-state index is 12.9. The molecule has 5 aliphatic carbocycles. The van der Waals surface area contributed by atoms with E-state index in [2.05, 4.69) is 42.6 Å². The summed E-state index contributed by atoms with van der Waals surface area (Å²) in [6, 6.07) is 0.356. The standard InChI is InChI=1S/C19H20BrN3O/c20-19-6-10-4-11(7-19)16(12(5-10)8-19)23-17-13-2-1-3-14(13)21-9-15(17)22-18(23)24/h1-2,9-12,16H,3-8H2,(H,22,24). The summed E-state index contributed by atoms with van der Waals surface area (Å²) in [7, 11) is 0. The van der Waals surface area contributed by atoms with Gasteiger partial charge in [-0.05, 0) is 49.9 Å². The van der Waals surface area contributed by atoms with Crippen molar-refractivity contribution in [2.24, 2.45) is 17.8 Å². The van der Waals surface area contributed by atoms with E-state index in [0.717, 1.165) is 34.6 Å². The van der Waals surface area contributed by atoms with Gasteiger partial charge in [-0.1, -0.05) is 28.1 Å². The van der Waals surface area contributed by atoms with E-state index in [-0.39, 0.29) is 5.69 Å². The summed E-state index contributed by atoms with van der Waals surface area (Å²) in [5.74, 6) is 2.11. The lowest BCUT2D eigenvalue weighted by Crippen LogP contribution is -2.53. The van der Waals surface area contributed by atoms with E-state index in [1.165, 1.54) is 32.1 Å². The first-order valence-electron chi connectivity index (χ1n) is 9.09. The number of allylic oxidation sites excluding steroid dienone is 1. The number of alkyl halides is 1. The van der Waals surface area contributed by atoms with E-state index in [1.807, 2.05) is 6.20 Å². The normalized spacial score (nSPS) is 39.0. The Morgan fingerprint density at radius 3 is 2.79 bits per heavy atom. The predicted octanol–water partition coefficient (Wildman–Crippen LogP) is 3.81. The highest BCUT2D eigenvalue weighted by molar-refractivity contribution is 9.10. The van der Waals surface area contributed by atoms with E-state index < -0.39 is 0 Å². The first-order chi connectivity index (χ1) is 11.6. The van der Waals surface area contributed by atoms with Gasteiger partial charge in [-0.2, -0.15) is 0 Å². The van der Waals surface area contributed by atoms with Crippen LogP contribution in [-0.4, -0.2) is 18.9 Å². The molecule has 2 aromatic rings. The number of H-pyrrole nitrogens is 1. The number of nitrogens with zero attached hydrogens (tertiary/aromatic N) is 2. The lowest BCUT2D eigenvalue weighted by atomic mass is 9.54. The first-order valence-corrected chi connectivity index (χ1v) is 9.88. The Kier molecular flexibility index (Phi) is 2.56. The molecule has 0 aromatic carbocycles. The van der Waals surface area contributed by atoms with Crippen molar-refractivity contribution < 1.29 is 0 Å². The third-order valence-electron chi connectivity index (χ3n) is 6.91. The van der Waals surface area contributed by atoms with Crippen molar-refractivity contribution in [3.63, 3.8) is 0 Å². The fourth-order valence-electron chi connectivity index (χ4n) is 6.41. The average molecular weight is 386 g/mol. The molecule has 4 bridgehead atoms. The van der Waals surface area contributed by atoms with Gasteiger partial charge in [0.25, 0.3) is 0 Å². The third kappa shape index (κ3) is 1.69. The molecule has 7 rings (SSSR count). The van der Waals surface area contributed by atoms with Crippen molar-refractivity contribution in [1.82, 2.24) is 14.5 Å². The molecule has 4 saturated carbocycles. The van der Waals surface area contributed by atoms with Crippen molar-refractivity contribution >= 4 is 33.0 Å². The Morgan fingerprint density at radius 2 is 2.04 bits per heavy atom. The molecule has 4 nitrogen and oxygen atoms in total. The number of halogens is 1. The molecule has 0 spiro atoms. The molecule has 0 amide bonds. The van der Waals surface area contributed by atoms with Gasteiger partial charge in [-0.15, -0.1) is 0 Å². The van der Waals surface area contributed by atoms with Crippen LogP contribution in [0.1, 0.15) is 49.4 Å². The maximum Gasteiger partial charge on any atom is 0.326 e. The number of hydrogen-bond donors (Lipinski definition) is 1. The molecular weight excluding hydrogens is 366 g/mol. The minimum atomic E-state index is 0.0570. The van der Waals surface area contributed by atoms with Gasteiger partial charge in [0.15, 0.2) is 0 Å². The van der Waals surface area contributed by atoms with Gasteiger partial charge >= 0.3 is 5.69 Å². The van der Waals surface area contributed by atoms with Crippen LogP contribution in [0.25, 0.3) is 17.1 Å². The molecule has 24 heavy (non-hydrogen) atoms. The van der Waals surface area contributed by atoms with E-state index in [9.17, 15) is 4.79 Å². The minimum Gasteiger partial charge on any atom is -0.304 e. The number of nitrogens with one attached hydrogen (secondary N) is 1. The summed E-state index contributed by atoms with van der Waals surface area (Å²) in [5, 5.41) is 0. The van der Waals surface area contributed by atoms with Gasteiger partial charge in [-0.3, -0.25) is 9.55 Å². The maximum absolute atomic E-state index is 12.9. The number of imidazole rings is 1. The topological polar surface area (TPSA) is 50.7 Å². The Hall–Kier alpha value is -1.36. The summed E-state index contributed by atoms with van der Waals surface area (Å²) in [6.45, 7) is 0. The lowest BCUT2D eigenvalue weighted by molar-refractivity contribution is -0.0109. The lowest BCUT2D eigenvalue weighted by Gasteiger charge is -2.58. The highest BCUT2D eigenvalue weighted by atomic mass is 79.9. The molecule has 4 fully saturated rings. The van der Waals surface area contributed by atoms with Crippen LogP contribution in [0.4, 0.5) is 0 Å². The molecule has 2 heterocycles. The van der Waals surface area contributed by atoms with Gasteiger partial charge in [0.1, 0.15) is 0 Å². The molecule has 2 unspecified atom stereocenters. The molecule has 2 atom stereocenters. The van der Waals surface area contributed by atoms with E-state index in [4.69, 9.17) is 0 Å². The zero-order chi connectivity index (χ0) is 16.1. The van der Waals surface area contributed by atoms with Crippen LogP contribution in [0, 0.1) is 17.8 Å². The molecule has 1 N–H and O–H groups in total. The van der Waals surface area contributed by atoms with Gasteiger partial charge in [0.05, 0.1) is 22.9 Å². The number of rotatable bonds is 1. The molecule has 0 saturated heterocycles. The SMILES string of the molecule is O=c1[nH]c2cnc3c(c2n1C1C2CC4CC1CC(Br)(C4)C2)C=CC3. The smallest absolute Gasteiger partial charge is 0.304 e. The van der Waals surface area contributed by atoms with Gasteiger partial charge < -0.3 is 4.98 Å². The van der Waals surface area contributed by atoms with Crippen LogP contribution in [0.5, 0.6) is 0 Å². The monoisotopic (exact) mass is 385 g/mol. The number of aromatic amines is 1. The van der Waals surface area contributed by atoms with Crippen LogP contribution in [-0.2, 0) is 6.42 Å². The van der Waals surface area contributed by atoms with Crippen molar-refractivity contribution in [3.8, 4) is 0 Å². The van der Waals surface area contributed by atoms with E-state index in [0.29, 0.717) is 22.2 Å². The molecule has 0 radical (unpaired) electrons. The molecular formula is C19H20BrN3O. The van der Waals surface area contributed by atoms with Gasteiger partial charge in [0.2, 0.25) is 0 Å². The van der Waals surface area contributed by atoms with Crippen molar-refractivity contribution in [2.45, 2.75) is 48.9 Å². The quantitative estimate of drug-likeness (QED) is 0.758. The Morgan fingerprint density at radius 1 is 1.25 bits per heavy atom. The van der Waals surface area contributed by atoms with E-state index in [1.54, 1.807) is 0 Å². The van der Waals surface area contributed by atoms with Crippen LogP contribution >= 0.6 is 15.9 Å².